The highest BCUT2D eigenvalue weighted by atomic mass is 16.3. The molecule has 9 aromatic rings. The van der Waals surface area contributed by atoms with Gasteiger partial charge in [-0.25, -0.2) is 9.97 Å². The van der Waals surface area contributed by atoms with Crippen LogP contribution in [0.25, 0.3) is 83.3 Å². The van der Waals surface area contributed by atoms with Crippen molar-refractivity contribution in [2.24, 2.45) is 0 Å². The molecule has 0 N–H and O–H groups in total. The van der Waals surface area contributed by atoms with Crippen LogP contribution in [-0.2, 0) is 5.41 Å². The van der Waals surface area contributed by atoms with E-state index in [1.807, 2.05) is 18.2 Å². The Morgan fingerprint density at radius 2 is 1.21 bits per heavy atom. The number of aromatic nitrogens is 3. The number of hydrogen-bond donors (Lipinski definition) is 0. The van der Waals surface area contributed by atoms with Crippen LogP contribution >= 0.6 is 0 Å². The summed E-state index contributed by atoms with van der Waals surface area (Å²) in [5, 5.41) is 4.60. The van der Waals surface area contributed by atoms with Gasteiger partial charge in [-0.1, -0.05) is 123 Å². The molecule has 47 heavy (non-hydrogen) atoms. The molecule has 0 unspecified atom stereocenters. The summed E-state index contributed by atoms with van der Waals surface area (Å²) in [6, 6.07) is 49.1. The van der Waals surface area contributed by atoms with Gasteiger partial charge in [0.25, 0.3) is 0 Å². The molecule has 0 saturated carbocycles. The minimum Gasteiger partial charge on any atom is -0.456 e. The molecule has 0 aliphatic heterocycles. The van der Waals surface area contributed by atoms with Gasteiger partial charge in [0.05, 0.1) is 22.4 Å². The number of rotatable bonds is 3. The molecule has 3 aromatic heterocycles. The Labute approximate surface area is 271 Å². The van der Waals surface area contributed by atoms with Crippen LogP contribution in [0.3, 0.4) is 0 Å². The number of nitrogens with zero attached hydrogens (tertiary/aromatic N) is 3. The highest BCUT2D eigenvalue weighted by Gasteiger charge is 2.37. The van der Waals surface area contributed by atoms with Crippen molar-refractivity contribution in [2.45, 2.75) is 19.3 Å². The molecule has 10 rings (SSSR count). The van der Waals surface area contributed by atoms with Gasteiger partial charge in [0, 0.05) is 43.7 Å². The maximum atomic E-state index is 6.30. The average Bonchev–Trinajstić information content (AvgIpc) is 3.74. The van der Waals surface area contributed by atoms with Crippen molar-refractivity contribution in [3.05, 3.63) is 151 Å². The molecule has 0 radical (unpaired) electrons. The summed E-state index contributed by atoms with van der Waals surface area (Å²) in [5.41, 5.74) is 12.8. The topological polar surface area (TPSA) is 43.9 Å². The van der Waals surface area contributed by atoms with Crippen molar-refractivity contribution >= 4 is 43.7 Å². The Bertz CT molecular complexity index is 2710. The maximum absolute atomic E-state index is 6.30. The lowest BCUT2D eigenvalue weighted by atomic mass is 9.82. The molecule has 0 spiro atoms. The van der Waals surface area contributed by atoms with E-state index in [2.05, 4.69) is 140 Å². The predicted molar refractivity (Wildman–Crippen MR) is 192 cm³/mol. The Kier molecular flexibility index (Phi) is 5.31. The van der Waals surface area contributed by atoms with Crippen molar-refractivity contribution in [3.63, 3.8) is 0 Å². The van der Waals surface area contributed by atoms with E-state index in [9.17, 15) is 0 Å². The predicted octanol–water partition coefficient (Wildman–Crippen LogP) is 11.1. The van der Waals surface area contributed by atoms with E-state index < -0.39 is 0 Å². The zero-order valence-electron chi connectivity index (χ0n) is 26.0. The maximum Gasteiger partial charge on any atom is 0.235 e. The van der Waals surface area contributed by atoms with Crippen LogP contribution in [0.1, 0.15) is 25.0 Å². The first-order chi connectivity index (χ1) is 23.1. The van der Waals surface area contributed by atoms with Crippen LogP contribution < -0.4 is 0 Å². The number of furan rings is 1. The van der Waals surface area contributed by atoms with E-state index in [0.717, 1.165) is 55.5 Å². The molecule has 4 heteroatoms. The number of hydrogen-bond acceptors (Lipinski definition) is 3. The zero-order valence-corrected chi connectivity index (χ0v) is 26.0. The summed E-state index contributed by atoms with van der Waals surface area (Å²) in [7, 11) is 0. The van der Waals surface area contributed by atoms with E-state index in [1.165, 1.54) is 33.0 Å². The van der Waals surface area contributed by atoms with Crippen LogP contribution in [0, 0.1) is 0 Å². The fourth-order valence-electron chi connectivity index (χ4n) is 7.77. The van der Waals surface area contributed by atoms with Gasteiger partial charge in [-0.3, -0.25) is 4.57 Å². The van der Waals surface area contributed by atoms with Crippen LogP contribution in [0.15, 0.2) is 144 Å². The fraction of sp³-hybridized carbons (Fsp3) is 0.0698. The number of para-hydroxylation sites is 2. The Hall–Kier alpha value is -6.00. The summed E-state index contributed by atoms with van der Waals surface area (Å²) >= 11 is 0. The van der Waals surface area contributed by atoms with Gasteiger partial charge >= 0.3 is 0 Å². The Morgan fingerprint density at radius 1 is 0.532 bits per heavy atom. The van der Waals surface area contributed by atoms with Crippen molar-refractivity contribution in [3.8, 4) is 39.6 Å². The van der Waals surface area contributed by atoms with E-state index in [4.69, 9.17) is 14.4 Å². The van der Waals surface area contributed by atoms with Crippen LogP contribution in [-0.4, -0.2) is 14.5 Å². The average molecular weight is 604 g/mol. The molecule has 1 aliphatic carbocycles. The first kappa shape index (κ1) is 26.2. The molecule has 3 heterocycles. The monoisotopic (exact) mass is 603 g/mol. The molecule has 0 bridgehead atoms. The van der Waals surface area contributed by atoms with Gasteiger partial charge in [-0.05, 0) is 47.0 Å². The normalized spacial score (nSPS) is 13.5. The van der Waals surface area contributed by atoms with E-state index in [1.54, 1.807) is 0 Å². The third-order valence-electron chi connectivity index (χ3n) is 10.0. The van der Waals surface area contributed by atoms with Gasteiger partial charge in [0.2, 0.25) is 5.95 Å². The molecule has 1 aliphatic rings. The quantitative estimate of drug-likeness (QED) is 0.202. The fourth-order valence-corrected chi connectivity index (χ4v) is 7.77. The smallest absolute Gasteiger partial charge is 0.235 e. The third-order valence-corrected chi connectivity index (χ3v) is 10.0. The van der Waals surface area contributed by atoms with Gasteiger partial charge in [0.1, 0.15) is 11.2 Å². The highest BCUT2D eigenvalue weighted by molar-refractivity contribution is 6.15. The van der Waals surface area contributed by atoms with E-state index in [-0.39, 0.29) is 5.41 Å². The van der Waals surface area contributed by atoms with E-state index in [0.29, 0.717) is 5.95 Å². The summed E-state index contributed by atoms with van der Waals surface area (Å²) in [4.78, 5) is 10.7. The standard InChI is InChI=1S/C43H29N3O/c1-43(2)33-17-9-6-16-32(33)40-34(43)23-22-31-28-14-7-10-18-37(28)46(41(31)40)42-44-35(26-12-4-3-5-13-26)25-36(45-42)27-20-21-30-29-15-8-11-19-38(29)47-39(30)24-27/h3-25H,1-2H3. The second-order valence-electron chi connectivity index (χ2n) is 13.0. The lowest BCUT2D eigenvalue weighted by Gasteiger charge is -2.21. The van der Waals surface area contributed by atoms with E-state index >= 15 is 0 Å². The van der Waals surface area contributed by atoms with Gasteiger partial charge in [-0.15, -0.1) is 0 Å². The van der Waals surface area contributed by atoms with Gasteiger partial charge in [0.15, 0.2) is 0 Å². The van der Waals surface area contributed by atoms with Crippen molar-refractivity contribution in [1.29, 1.82) is 0 Å². The van der Waals surface area contributed by atoms with Gasteiger partial charge in [-0.2, -0.15) is 0 Å². The lowest BCUT2D eigenvalue weighted by molar-refractivity contribution is 0.660. The largest absolute Gasteiger partial charge is 0.456 e. The minimum atomic E-state index is -0.124. The summed E-state index contributed by atoms with van der Waals surface area (Å²) in [6.07, 6.45) is 0. The second-order valence-corrected chi connectivity index (χ2v) is 13.0. The second kappa shape index (κ2) is 9.51. The summed E-state index contributed by atoms with van der Waals surface area (Å²) < 4.78 is 8.59. The molecule has 4 nitrogen and oxygen atoms in total. The first-order valence-corrected chi connectivity index (χ1v) is 16.1. The molecular weight excluding hydrogens is 574 g/mol. The number of benzene rings is 6. The summed E-state index contributed by atoms with van der Waals surface area (Å²) in [6.45, 7) is 4.66. The van der Waals surface area contributed by atoms with Crippen LogP contribution in [0.2, 0.25) is 0 Å². The van der Waals surface area contributed by atoms with Crippen molar-refractivity contribution < 1.29 is 4.42 Å². The zero-order chi connectivity index (χ0) is 31.3. The Morgan fingerprint density at radius 3 is 2.09 bits per heavy atom. The SMILES string of the molecule is CC1(C)c2ccccc2-c2c1ccc1c3ccccc3n(-c3nc(-c4ccccc4)cc(-c4ccc5c(c4)oc4ccccc45)n3)c21. The summed E-state index contributed by atoms with van der Waals surface area (Å²) in [5.74, 6) is 0.646. The third kappa shape index (κ3) is 3.70. The molecule has 6 aromatic carbocycles. The van der Waals surface area contributed by atoms with Crippen LogP contribution in [0.4, 0.5) is 0 Å². The molecule has 0 saturated heterocycles. The van der Waals surface area contributed by atoms with Crippen LogP contribution in [0.5, 0.6) is 0 Å². The number of fused-ring (bicyclic) bond motifs is 10. The molecule has 222 valence electrons. The first-order valence-electron chi connectivity index (χ1n) is 16.1. The molecule has 0 amide bonds. The molecular formula is C43H29N3O. The minimum absolute atomic E-state index is 0.124. The van der Waals surface area contributed by atoms with Gasteiger partial charge < -0.3 is 4.42 Å². The Balaban J connectivity index is 1.30. The van der Waals surface area contributed by atoms with Crippen molar-refractivity contribution in [1.82, 2.24) is 14.5 Å². The lowest BCUT2D eigenvalue weighted by Crippen LogP contribution is -2.14. The van der Waals surface area contributed by atoms with Crippen molar-refractivity contribution in [2.75, 3.05) is 0 Å². The highest BCUT2D eigenvalue weighted by Crippen LogP contribution is 2.52. The molecule has 0 fully saturated rings. The molecule has 0 atom stereocenters.